The number of ether oxygens (including phenoxy) is 2. The SMILES string of the molecule is COc1ccc(COC(=O)NCC(O[Si](C)(C)C(C)(C)C)c2ccccc2)cc1. The van der Waals surface area contributed by atoms with Crippen molar-refractivity contribution in [2.45, 2.75) is 51.6 Å². The van der Waals surface area contributed by atoms with Gasteiger partial charge in [-0.3, -0.25) is 0 Å². The van der Waals surface area contributed by atoms with Gasteiger partial charge in [-0.05, 0) is 41.4 Å². The number of carbonyl (C=O) groups excluding carboxylic acids is 1. The highest BCUT2D eigenvalue weighted by molar-refractivity contribution is 6.74. The van der Waals surface area contributed by atoms with Crippen molar-refractivity contribution in [2.75, 3.05) is 13.7 Å². The van der Waals surface area contributed by atoms with Crippen molar-refractivity contribution in [2.24, 2.45) is 0 Å². The van der Waals surface area contributed by atoms with Crippen molar-refractivity contribution >= 4 is 14.4 Å². The first-order valence-corrected chi connectivity index (χ1v) is 12.8. The number of benzene rings is 2. The van der Waals surface area contributed by atoms with Crippen LogP contribution in [0.5, 0.6) is 5.75 Å². The minimum atomic E-state index is -2.01. The zero-order valence-electron chi connectivity index (χ0n) is 18.3. The molecule has 158 valence electrons. The highest BCUT2D eigenvalue weighted by Crippen LogP contribution is 2.39. The summed E-state index contributed by atoms with van der Waals surface area (Å²) < 4.78 is 17.1. The van der Waals surface area contributed by atoms with Gasteiger partial charge >= 0.3 is 6.09 Å². The standard InChI is InChI=1S/C23H33NO4Si/c1-23(2,3)29(5,6)28-21(19-10-8-7-9-11-19)16-24-22(25)27-17-18-12-14-20(26-4)15-13-18/h7-15,21H,16-17H2,1-6H3,(H,24,25). The fourth-order valence-electron chi connectivity index (χ4n) is 2.53. The van der Waals surface area contributed by atoms with E-state index < -0.39 is 14.4 Å². The largest absolute Gasteiger partial charge is 0.497 e. The van der Waals surface area contributed by atoms with E-state index in [4.69, 9.17) is 13.9 Å². The Bertz CT molecular complexity index is 770. The van der Waals surface area contributed by atoms with Gasteiger partial charge in [0, 0.05) is 0 Å². The Kier molecular flexibility index (Phi) is 7.87. The molecule has 0 radical (unpaired) electrons. The lowest BCUT2D eigenvalue weighted by Gasteiger charge is -2.39. The number of nitrogens with one attached hydrogen (secondary N) is 1. The molecule has 1 amide bonds. The Labute approximate surface area is 175 Å². The van der Waals surface area contributed by atoms with E-state index >= 15 is 0 Å². The van der Waals surface area contributed by atoms with E-state index in [1.807, 2.05) is 54.6 Å². The van der Waals surface area contributed by atoms with E-state index in [1.54, 1.807) is 7.11 Å². The van der Waals surface area contributed by atoms with Gasteiger partial charge in [0.05, 0.1) is 19.8 Å². The molecule has 0 aliphatic carbocycles. The molecule has 1 atom stereocenters. The van der Waals surface area contributed by atoms with E-state index in [0.717, 1.165) is 16.9 Å². The van der Waals surface area contributed by atoms with Gasteiger partial charge in [-0.25, -0.2) is 4.79 Å². The van der Waals surface area contributed by atoms with Gasteiger partial charge in [0.15, 0.2) is 8.32 Å². The minimum absolute atomic E-state index is 0.0783. The van der Waals surface area contributed by atoms with Crippen LogP contribution in [0.15, 0.2) is 54.6 Å². The van der Waals surface area contributed by atoms with Crippen molar-refractivity contribution in [3.8, 4) is 5.75 Å². The molecule has 6 heteroatoms. The summed E-state index contributed by atoms with van der Waals surface area (Å²) in [4.78, 5) is 12.2. The number of amides is 1. The van der Waals surface area contributed by atoms with Gasteiger partial charge in [0.1, 0.15) is 12.4 Å². The van der Waals surface area contributed by atoms with Crippen LogP contribution >= 0.6 is 0 Å². The zero-order valence-corrected chi connectivity index (χ0v) is 19.3. The fraction of sp³-hybridized carbons (Fsp3) is 0.435. The average Bonchev–Trinajstić information content (AvgIpc) is 2.69. The molecular formula is C23H33NO4Si. The molecule has 0 fully saturated rings. The minimum Gasteiger partial charge on any atom is -0.497 e. The summed E-state index contributed by atoms with van der Waals surface area (Å²) in [6, 6.07) is 17.4. The molecule has 2 rings (SSSR count). The Hall–Kier alpha value is -2.31. The van der Waals surface area contributed by atoms with E-state index in [9.17, 15) is 4.79 Å². The third-order valence-electron chi connectivity index (χ3n) is 5.38. The summed E-state index contributed by atoms with van der Waals surface area (Å²) >= 11 is 0. The van der Waals surface area contributed by atoms with Gasteiger partial charge in [-0.1, -0.05) is 63.2 Å². The van der Waals surface area contributed by atoms with Crippen molar-refractivity contribution in [3.63, 3.8) is 0 Å². The van der Waals surface area contributed by atoms with E-state index in [-0.39, 0.29) is 17.7 Å². The first-order chi connectivity index (χ1) is 13.6. The lowest BCUT2D eigenvalue weighted by molar-refractivity contribution is 0.128. The molecule has 0 saturated heterocycles. The van der Waals surface area contributed by atoms with E-state index in [2.05, 4.69) is 39.2 Å². The van der Waals surface area contributed by atoms with Gasteiger partial charge < -0.3 is 19.2 Å². The molecule has 0 saturated carbocycles. The van der Waals surface area contributed by atoms with Crippen molar-refractivity contribution < 1.29 is 18.7 Å². The second-order valence-corrected chi connectivity index (χ2v) is 13.3. The number of methoxy groups -OCH3 is 1. The highest BCUT2D eigenvalue weighted by Gasteiger charge is 2.39. The van der Waals surface area contributed by atoms with Crippen molar-refractivity contribution in [1.29, 1.82) is 0 Å². The third-order valence-corrected chi connectivity index (χ3v) is 9.86. The number of alkyl carbamates (subject to hydrolysis) is 1. The molecule has 1 unspecified atom stereocenters. The third kappa shape index (κ3) is 6.90. The average molecular weight is 416 g/mol. The zero-order chi connectivity index (χ0) is 21.5. The number of hydrogen-bond donors (Lipinski definition) is 1. The molecule has 0 aromatic heterocycles. The molecule has 2 aromatic rings. The van der Waals surface area contributed by atoms with Gasteiger partial charge in [0.2, 0.25) is 0 Å². The first-order valence-electron chi connectivity index (χ1n) is 9.89. The van der Waals surface area contributed by atoms with Crippen molar-refractivity contribution in [1.82, 2.24) is 5.32 Å². The molecule has 0 bridgehead atoms. The van der Waals surface area contributed by atoms with Gasteiger partial charge in [-0.2, -0.15) is 0 Å². The van der Waals surface area contributed by atoms with Crippen molar-refractivity contribution in [3.05, 3.63) is 65.7 Å². The molecular weight excluding hydrogens is 382 g/mol. The number of rotatable bonds is 8. The van der Waals surface area contributed by atoms with E-state index in [0.29, 0.717) is 6.54 Å². The summed E-state index contributed by atoms with van der Waals surface area (Å²) in [6.07, 6.45) is -0.675. The Morgan fingerprint density at radius 3 is 2.21 bits per heavy atom. The predicted octanol–water partition coefficient (Wildman–Crippen LogP) is 5.68. The van der Waals surface area contributed by atoms with Crippen LogP contribution in [0.4, 0.5) is 4.79 Å². The van der Waals surface area contributed by atoms with Crippen LogP contribution < -0.4 is 10.1 Å². The normalized spacial score (nSPS) is 12.9. The lowest BCUT2D eigenvalue weighted by atomic mass is 10.1. The molecule has 0 heterocycles. The highest BCUT2D eigenvalue weighted by atomic mass is 28.4. The van der Waals surface area contributed by atoms with Crippen LogP contribution in [0, 0.1) is 0 Å². The molecule has 29 heavy (non-hydrogen) atoms. The molecule has 1 N–H and O–H groups in total. The first kappa shape index (κ1) is 23.0. The second kappa shape index (κ2) is 9.94. The maximum absolute atomic E-state index is 12.2. The van der Waals surface area contributed by atoms with Crippen LogP contribution in [0.3, 0.4) is 0 Å². The van der Waals surface area contributed by atoms with Crippen LogP contribution in [-0.2, 0) is 15.8 Å². The molecule has 0 spiro atoms. The monoisotopic (exact) mass is 415 g/mol. The summed E-state index contributed by atoms with van der Waals surface area (Å²) in [5.41, 5.74) is 1.95. The summed E-state index contributed by atoms with van der Waals surface area (Å²) in [5, 5.41) is 2.94. The van der Waals surface area contributed by atoms with Gasteiger partial charge in [0.25, 0.3) is 0 Å². The van der Waals surface area contributed by atoms with Crippen LogP contribution in [0.2, 0.25) is 18.1 Å². The molecule has 0 aliphatic heterocycles. The Morgan fingerprint density at radius 1 is 1.03 bits per heavy atom. The van der Waals surface area contributed by atoms with Crippen LogP contribution in [0.1, 0.15) is 38.0 Å². The maximum atomic E-state index is 12.2. The topological polar surface area (TPSA) is 56.8 Å². The summed E-state index contributed by atoms with van der Waals surface area (Å²) in [5.74, 6) is 0.770. The second-order valence-electron chi connectivity index (χ2n) is 8.58. The summed E-state index contributed by atoms with van der Waals surface area (Å²) in [6.45, 7) is 11.6. The smallest absolute Gasteiger partial charge is 0.407 e. The predicted molar refractivity (Wildman–Crippen MR) is 119 cm³/mol. The quantitative estimate of drug-likeness (QED) is 0.563. The maximum Gasteiger partial charge on any atom is 0.407 e. The van der Waals surface area contributed by atoms with Crippen LogP contribution in [0.25, 0.3) is 0 Å². The molecule has 2 aromatic carbocycles. The summed E-state index contributed by atoms with van der Waals surface area (Å²) in [7, 11) is -0.388. The van der Waals surface area contributed by atoms with Crippen LogP contribution in [-0.4, -0.2) is 28.1 Å². The van der Waals surface area contributed by atoms with E-state index in [1.165, 1.54) is 0 Å². The molecule has 5 nitrogen and oxygen atoms in total. The number of carbonyl (C=O) groups is 1. The van der Waals surface area contributed by atoms with Gasteiger partial charge in [-0.15, -0.1) is 0 Å². The Balaban J connectivity index is 1.96. The fourth-order valence-corrected chi connectivity index (χ4v) is 3.81. The lowest BCUT2D eigenvalue weighted by Crippen LogP contribution is -2.44. The number of hydrogen-bond acceptors (Lipinski definition) is 4. The Morgan fingerprint density at radius 2 is 1.66 bits per heavy atom. The molecule has 0 aliphatic rings.